The molecule has 0 spiro atoms. The Kier molecular flexibility index (Phi) is 11.0. The van der Waals surface area contributed by atoms with Crippen molar-refractivity contribution in [3.8, 4) is 0 Å². The van der Waals surface area contributed by atoms with E-state index in [1.54, 1.807) is 0 Å². The molecule has 0 bridgehead atoms. The lowest BCUT2D eigenvalue weighted by Gasteiger charge is -2.28. The van der Waals surface area contributed by atoms with Crippen LogP contribution in [0, 0.1) is 0 Å². The molecule has 1 saturated heterocycles. The van der Waals surface area contributed by atoms with Crippen LogP contribution < -0.4 is 15.5 Å². The molecular weight excluding hydrogens is 337 g/mol. The fraction of sp³-hybridized carbons (Fsp3) is 0.562. The van der Waals surface area contributed by atoms with E-state index in [1.165, 1.54) is 0 Å². The summed E-state index contributed by atoms with van der Waals surface area (Å²) in [6, 6.07) is 10.6. The fourth-order valence-electron chi connectivity index (χ4n) is 2.36. The van der Waals surface area contributed by atoms with Gasteiger partial charge < -0.3 is 20.3 Å². The highest BCUT2D eigenvalue weighted by Gasteiger charge is 2.17. The van der Waals surface area contributed by atoms with E-state index in [0.29, 0.717) is 19.6 Å². The van der Waals surface area contributed by atoms with Crippen molar-refractivity contribution in [1.82, 2.24) is 10.6 Å². The molecule has 0 saturated carbocycles. The molecule has 1 fully saturated rings. The molecule has 1 aromatic rings. The predicted molar refractivity (Wildman–Crippen MR) is 99.0 cm³/mol. The van der Waals surface area contributed by atoms with Crippen LogP contribution in [-0.4, -0.2) is 51.3 Å². The molecule has 0 radical (unpaired) electrons. The lowest BCUT2D eigenvalue weighted by atomic mass is 10.2. The van der Waals surface area contributed by atoms with Crippen molar-refractivity contribution in [2.45, 2.75) is 25.4 Å². The Bertz CT molecular complexity index is 442. The van der Waals surface area contributed by atoms with Crippen molar-refractivity contribution in [3.63, 3.8) is 0 Å². The zero-order valence-electron chi connectivity index (χ0n) is 13.7. The number of ether oxygens (including phenoxy) is 1. The summed E-state index contributed by atoms with van der Waals surface area (Å²) in [5, 5.41) is 6.29. The summed E-state index contributed by atoms with van der Waals surface area (Å²) in [6.07, 6.45) is 0.474. The van der Waals surface area contributed by atoms with Crippen LogP contribution >= 0.6 is 24.8 Å². The van der Waals surface area contributed by atoms with Crippen LogP contribution in [0.3, 0.4) is 0 Å². The van der Waals surface area contributed by atoms with Crippen molar-refractivity contribution >= 4 is 36.4 Å². The molecular formula is C16H27Cl2N3O2. The van der Waals surface area contributed by atoms with Crippen molar-refractivity contribution in [1.29, 1.82) is 0 Å². The smallest absolute Gasteiger partial charge is 0.221 e. The molecule has 2 unspecified atom stereocenters. The van der Waals surface area contributed by atoms with Gasteiger partial charge in [0, 0.05) is 44.3 Å². The zero-order valence-corrected chi connectivity index (χ0v) is 15.3. The fourth-order valence-corrected chi connectivity index (χ4v) is 2.36. The Morgan fingerprint density at radius 2 is 2.09 bits per heavy atom. The second-order valence-corrected chi connectivity index (χ2v) is 5.53. The molecule has 1 aliphatic rings. The molecule has 2 atom stereocenters. The van der Waals surface area contributed by atoms with E-state index in [0.717, 1.165) is 18.8 Å². The number of rotatable bonds is 6. The highest BCUT2D eigenvalue weighted by molar-refractivity contribution is 5.85. The molecule has 5 nitrogen and oxygen atoms in total. The number of carbonyl (C=O) groups is 1. The minimum Gasteiger partial charge on any atom is -0.378 e. The minimum absolute atomic E-state index is 0. The molecule has 1 aliphatic heterocycles. The molecule has 2 rings (SSSR count). The van der Waals surface area contributed by atoms with E-state index >= 15 is 0 Å². The molecule has 0 aliphatic carbocycles. The lowest BCUT2D eigenvalue weighted by molar-refractivity contribution is -0.122. The molecule has 1 amide bonds. The first kappa shape index (κ1) is 22.0. The largest absolute Gasteiger partial charge is 0.378 e. The van der Waals surface area contributed by atoms with Gasteiger partial charge in [-0.15, -0.1) is 24.8 Å². The number of amides is 1. The number of hydrogen-bond acceptors (Lipinski definition) is 4. The van der Waals surface area contributed by atoms with E-state index in [2.05, 4.69) is 34.6 Å². The van der Waals surface area contributed by atoms with Crippen LogP contribution in [0.2, 0.25) is 0 Å². The SMILES string of the molecule is CC(CNC(=O)CC1COCCN1)N(C)c1ccccc1.Cl.Cl. The van der Waals surface area contributed by atoms with E-state index < -0.39 is 0 Å². The lowest BCUT2D eigenvalue weighted by Crippen LogP contribution is -2.46. The summed E-state index contributed by atoms with van der Waals surface area (Å²) in [4.78, 5) is 14.1. The zero-order chi connectivity index (χ0) is 15.1. The number of nitrogens with zero attached hydrogens (tertiary/aromatic N) is 1. The van der Waals surface area contributed by atoms with Crippen molar-refractivity contribution in [2.24, 2.45) is 0 Å². The van der Waals surface area contributed by atoms with Gasteiger partial charge in [0.2, 0.25) is 5.91 Å². The van der Waals surface area contributed by atoms with Gasteiger partial charge in [-0.2, -0.15) is 0 Å². The number of hydrogen-bond donors (Lipinski definition) is 2. The van der Waals surface area contributed by atoms with E-state index in [9.17, 15) is 4.79 Å². The molecule has 0 aromatic heterocycles. The second kappa shape index (κ2) is 11.5. The maximum Gasteiger partial charge on any atom is 0.221 e. The van der Waals surface area contributed by atoms with Crippen LogP contribution in [-0.2, 0) is 9.53 Å². The normalized spacial score (nSPS) is 18.1. The third kappa shape index (κ3) is 7.40. The summed E-state index contributed by atoms with van der Waals surface area (Å²) in [5.74, 6) is 0.0753. The average molecular weight is 364 g/mol. The van der Waals surface area contributed by atoms with Gasteiger partial charge >= 0.3 is 0 Å². The van der Waals surface area contributed by atoms with Gasteiger partial charge in [-0.25, -0.2) is 0 Å². The Morgan fingerprint density at radius 3 is 2.70 bits per heavy atom. The number of benzene rings is 1. The maximum absolute atomic E-state index is 11.9. The Hall–Kier alpha value is -1.01. The molecule has 7 heteroatoms. The van der Waals surface area contributed by atoms with Crippen LogP contribution in [0.5, 0.6) is 0 Å². The van der Waals surface area contributed by atoms with Crippen LogP contribution in [0.4, 0.5) is 5.69 Å². The number of nitrogens with one attached hydrogen (secondary N) is 2. The average Bonchev–Trinajstić information content (AvgIpc) is 2.53. The number of para-hydroxylation sites is 1. The second-order valence-electron chi connectivity index (χ2n) is 5.53. The minimum atomic E-state index is 0. The van der Waals surface area contributed by atoms with Gasteiger partial charge in [-0.05, 0) is 19.1 Å². The first-order valence-electron chi connectivity index (χ1n) is 7.52. The molecule has 1 aromatic carbocycles. The van der Waals surface area contributed by atoms with Crippen molar-refractivity contribution in [2.75, 3.05) is 38.3 Å². The Labute approximate surface area is 151 Å². The summed E-state index contributed by atoms with van der Waals surface area (Å²) in [5.41, 5.74) is 1.15. The highest BCUT2D eigenvalue weighted by Crippen LogP contribution is 2.13. The standard InChI is InChI=1S/C16H25N3O2.2ClH/c1-13(19(2)15-6-4-3-5-7-15)11-18-16(20)10-14-12-21-9-8-17-14;;/h3-7,13-14,17H,8-12H2,1-2H3,(H,18,20);2*1H. The third-order valence-corrected chi connectivity index (χ3v) is 3.85. The number of morpholine rings is 1. The van der Waals surface area contributed by atoms with Crippen molar-refractivity contribution < 1.29 is 9.53 Å². The highest BCUT2D eigenvalue weighted by atomic mass is 35.5. The molecule has 2 N–H and O–H groups in total. The van der Waals surface area contributed by atoms with Gasteiger partial charge in [-0.1, -0.05) is 18.2 Å². The molecule has 1 heterocycles. The quantitative estimate of drug-likeness (QED) is 0.809. The van der Waals surface area contributed by atoms with E-state index in [1.807, 2.05) is 25.2 Å². The maximum atomic E-state index is 11.9. The first-order chi connectivity index (χ1) is 10.2. The third-order valence-electron chi connectivity index (χ3n) is 3.85. The first-order valence-corrected chi connectivity index (χ1v) is 7.52. The van der Waals surface area contributed by atoms with Gasteiger partial charge in [-0.3, -0.25) is 4.79 Å². The van der Waals surface area contributed by atoms with Crippen molar-refractivity contribution in [3.05, 3.63) is 30.3 Å². The van der Waals surface area contributed by atoms with E-state index in [-0.39, 0.29) is 42.8 Å². The predicted octanol–water partition coefficient (Wildman–Crippen LogP) is 1.85. The monoisotopic (exact) mass is 363 g/mol. The summed E-state index contributed by atoms with van der Waals surface area (Å²) in [7, 11) is 2.04. The van der Waals surface area contributed by atoms with Gasteiger partial charge in [0.15, 0.2) is 0 Å². The number of likely N-dealkylation sites (N-methyl/N-ethyl adjacent to an activating group) is 1. The van der Waals surface area contributed by atoms with Crippen LogP contribution in [0.15, 0.2) is 30.3 Å². The van der Waals surface area contributed by atoms with Crippen LogP contribution in [0.25, 0.3) is 0 Å². The Morgan fingerprint density at radius 1 is 1.39 bits per heavy atom. The van der Waals surface area contributed by atoms with Crippen LogP contribution in [0.1, 0.15) is 13.3 Å². The van der Waals surface area contributed by atoms with Gasteiger partial charge in [0.05, 0.1) is 13.2 Å². The summed E-state index contributed by atoms with van der Waals surface area (Å²) >= 11 is 0. The number of halogens is 2. The number of anilines is 1. The Balaban J connectivity index is 0.00000242. The number of carbonyl (C=O) groups excluding carboxylic acids is 1. The van der Waals surface area contributed by atoms with Gasteiger partial charge in [0.25, 0.3) is 0 Å². The topological polar surface area (TPSA) is 53.6 Å². The molecule has 23 heavy (non-hydrogen) atoms. The molecule has 132 valence electrons. The summed E-state index contributed by atoms with van der Waals surface area (Å²) in [6.45, 7) is 4.92. The van der Waals surface area contributed by atoms with Gasteiger partial charge in [0.1, 0.15) is 0 Å². The van der Waals surface area contributed by atoms with E-state index in [4.69, 9.17) is 4.74 Å². The summed E-state index contributed by atoms with van der Waals surface area (Å²) < 4.78 is 5.35.